The number of nitrogens with zero attached hydrogens (tertiary/aromatic N) is 2. The number of ether oxygens (including phenoxy) is 2. The number of anilines is 1. The third-order valence-corrected chi connectivity index (χ3v) is 5.52. The lowest BCUT2D eigenvalue weighted by molar-refractivity contribution is -0.133. The van der Waals surface area contributed by atoms with Crippen LogP contribution in [0.25, 0.3) is 0 Å². The predicted molar refractivity (Wildman–Crippen MR) is 118 cm³/mol. The van der Waals surface area contributed by atoms with E-state index >= 15 is 0 Å². The molecule has 0 aliphatic carbocycles. The highest BCUT2D eigenvalue weighted by atomic mass is 16.6. The van der Waals surface area contributed by atoms with Crippen LogP contribution in [0.15, 0.2) is 42.5 Å². The smallest absolute Gasteiger partial charge is 0.325 e. The van der Waals surface area contributed by atoms with Crippen molar-refractivity contribution < 1.29 is 28.7 Å². The summed E-state index contributed by atoms with van der Waals surface area (Å²) in [6, 6.07) is 10.7. The van der Waals surface area contributed by atoms with Crippen molar-refractivity contribution in [3.8, 4) is 11.5 Å². The van der Waals surface area contributed by atoms with Crippen molar-refractivity contribution in [3.05, 3.63) is 53.6 Å². The van der Waals surface area contributed by atoms with Crippen LogP contribution >= 0.6 is 0 Å². The molecule has 2 aliphatic rings. The molecule has 1 saturated heterocycles. The third-order valence-electron chi connectivity index (χ3n) is 5.52. The first-order chi connectivity index (χ1) is 15.7. The minimum Gasteiger partial charge on any atom is -0.486 e. The zero-order valence-corrected chi connectivity index (χ0v) is 18.5. The predicted octanol–water partition coefficient (Wildman–Crippen LogP) is 1.57. The zero-order chi connectivity index (χ0) is 23.8. The van der Waals surface area contributed by atoms with Gasteiger partial charge in [-0.2, -0.15) is 0 Å². The fourth-order valence-corrected chi connectivity index (χ4v) is 3.69. The monoisotopic (exact) mass is 452 g/mol. The Morgan fingerprint density at radius 2 is 1.73 bits per heavy atom. The van der Waals surface area contributed by atoms with Crippen molar-refractivity contribution in [1.82, 2.24) is 15.1 Å². The number of fused-ring (bicyclic) bond motifs is 1. The van der Waals surface area contributed by atoms with E-state index in [1.54, 1.807) is 63.5 Å². The van der Waals surface area contributed by atoms with Gasteiger partial charge in [-0.15, -0.1) is 0 Å². The standard InChI is InChI=1S/C23H24N4O6/c1-23(15-6-9-17-18(12-15)33-11-10-32-17)21(30)27(22(31)25-23)13-19(28)24-16-7-4-14(5-8-16)20(29)26(2)3/h4-9,12H,10-11,13H2,1-3H3,(H,24,28)(H,25,31)/t23-/m1/s1. The van der Waals surface area contributed by atoms with Gasteiger partial charge in [0.2, 0.25) is 5.91 Å². The van der Waals surface area contributed by atoms with Crippen molar-refractivity contribution >= 4 is 29.4 Å². The Morgan fingerprint density at radius 3 is 2.39 bits per heavy atom. The van der Waals surface area contributed by atoms with Crippen LogP contribution in [0.5, 0.6) is 11.5 Å². The maximum absolute atomic E-state index is 13.1. The second kappa shape index (κ2) is 8.45. The van der Waals surface area contributed by atoms with Gasteiger partial charge in [-0.1, -0.05) is 6.07 Å². The van der Waals surface area contributed by atoms with Crippen molar-refractivity contribution in [3.63, 3.8) is 0 Å². The van der Waals surface area contributed by atoms with Gasteiger partial charge in [-0.3, -0.25) is 19.3 Å². The molecule has 1 fully saturated rings. The van der Waals surface area contributed by atoms with E-state index in [-0.39, 0.29) is 5.91 Å². The first kappa shape index (κ1) is 22.1. The SMILES string of the molecule is CN(C)C(=O)c1ccc(NC(=O)CN2C(=O)N[C@](C)(c3ccc4c(c3)OCCO4)C2=O)cc1. The number of carbonyl (C=O) groups excluding carboxylic acids is 4. The average Bonchev–Trinajstić information content (AvgIpc) is 3.02. The molecule has 5 amide bonds. The molecular formula is C23H24N4O6. The number of amides is 5. The molecule has 2 N–H and O–H groups in total. The number of benzene rings is 2. The Kier molecular flexibility index (Phi) is 5.67. The van der Waals surface area contributed by atoms with Gasteiger partial charge in [0.25, 0.3) is 11.8 Å². The quantitative estimate of drug-likeness (QED) is 0.665. The maximum Gasteiger partial charge on any atom is 0.325 e. The molecule has 0 unspecified atom stereocenters. The van der Waals surface area contributed by atoms with Gasteiger partial charge < -0.3 is 25.0 Å². The molecule has 172 valence electrons. The summed E-state index contributed by atoms with van der Waals surface area (Å²) in [5.74, 6) is -0.192. The van der Waals surface area contributed by atoms with E-state index < -0.39 is 29.9 Å². The number of rotatable bonds is 5. The lowest BCUT2D eigenvalue weighted by atomic mass is 9.91. The number of hydrogen-bond donors (Lipinski definition) is 2. The van der Waals surface area contributed by atoms with E-state index in [2.05, 4.69) is 10.6 Å². The molecule has 4 rings (SSSR count). The summed E-state index contributed by atoms with van der Waals surface area (Å²) < 4.78 is 11.1. The summed E-state index contributed by atoms with van der Waals surface area (Å²) in [6.45, 7) is 1.96. The zero-order valence-electron chi connectivity index (χ0n) is 18.5. The Hall–Kier alpha value is -4.08. The Bertz CT molecular complexity index is 1130. The molecule has 2 aliphatic heterocycles. The van der Waals surface area contributed by atoms with E-state index in [1.807, 2.05) is 0 Å². The van der Waals surface area contributed by atoms with E-state index in [0.717, 1.165) is 4.90 Å². The molecule has 10 heteroatoms. The van der Waals surface area contributed by atoms with Gasteiger partial charge >= 0.3 is 6.03 Å². The highest BCUT2D eigenvalue weighted by Crippen LogP contribution is 2.36. The van der Waals surface area contributed by atoms with Gasteiger partial charge in [0.1, 0.15) is 25.3 Å². The number of carbonyl (C=O) groups is 4. The molecule has 0 bridgehead atoms. The van der Waals surface area contributed by atoms with E-state index in [9.17, 15) is 19.2 Å². The van der Waals surface area contributed by atoms with Crippen LogP contribution < -0.4 is 20.1 Å². The summed E-state index contributed by atoms with van der Waals surface area (Å²) in [7, 11) is 3.30. The molecule has 0 aromatic heterocycles. The molecule has 2 aromatic carbocycles. The average molecular weight is 452 g/mol. The molecule has 0 spiro atoms. The first-order valence-electron chi connectivity index (χ1n) is 10.3. The van der Waals surface area contributed by atoms with Crippen molar-refractivity contribution in [2.45, 2.75) is 12.5 Å². The minimum absolute atomic E-state index is 0.161. The van der Waals surface area contributed by atoms with E-state index in [1.165, 1.54) is 4.90 Å². The molecular weight excluding hydrogens is 428 g/mol. The summed E-state index contributed by atoms with van der Waals surface area (Å²) in [6.07, 6.45) is 0. The molecule has 0 saturated carbocycles. The van der Waals surface area contributed by atoms with Gasteiger partial charge in [-0.05, 0) is 48.9 Å². The molecule has 1 atom stereocenters. The fourth-order valence-electron chi connectivity index (χ4n) is 3.69. The van der Waals surface area contributed by atoms with Crippen LogP contribution in [0, 0.1) is 0 Å². The van der Waals surface area contributed by atoms with Crippen LogP contribution in [-0.2, 0) is 15.1 Å². The van der Waals surface area contributed by atoms with Crippen LogP contribution in [-0.4, -0.2) is 67.4 Å². The Balaban J connectivity index is 1.44. The van der Waals surface area contributed by atoms with E-state index in [0.29, 0.717) is 41.5 Å². The summed E-state index contributed by atoms with van der Waals surface area (Å²) in [5, 5.41) is 5.31. The third kappa shape index (κ3) is 4.19. The van der Waals surface area contributed by atoms with Crippen molar-refractivity contribution in [2.24, 2.45) is 0 Å². The topological polar surface area (TPSA) is 117 Å². The second-order valence-corrected chi connectivity index (χ2v) is 8.13. The number of hydrogen-bond acceptors (Lipinski definition) is 6. The Morgan fingerprint density at radius 1 is 1.06 bits per heavy atom. The second-order valence-electron chi connectivity index (χ2n) is 8.13. The highest BCUT2D eigenvalue weighted by molar-refractivity contribution is 6.10. The van der Waals surface area contributed by atoms with Crippen molar-refractivity contribution in [2.75, 3.05) is 39.2 Å². The molecule has 0 radical (unpaired) electrons. The van der Waals surface area contributed by atoms with Gasteiger partial charge in [0.05, 0.1) is 0 Å². The van der Waals surface area contributed by atoms with Crippen LogP contribution in [0.4, 0.5) is 10.5 Å². The fraction of sp³-hybridized carbons (Fsp3) is 0.304. The van der Waals surface area contributed by atoms with Crippen LogP contribution in [0.1, 0.15) is 22.8 Å². The van der Waals surface area contributed by atoms with Gasteiger partial charge in [0, 0.05) is 25.3 Å². The normalized spacial score (nSPS) is 19.2. The minimum atomic E-state index is -1.35. The first-order valence-corrected chi connectivity index (χ1v) is 10.3. The molecule has 10 nitrogen and oxygen atoms in total. The van der Waals surface area contributed by atoms with Gasteiger partial charge in [0.15, 0.2) is 11.5 Å². The van der Waals surface area contributed by atoms with Gasteiger partial charge in [-0.25, -0.2) is 4.79 Å². The summed E-state index contributed by atoms with van der Waals surface area (Å²) in [5.41, 5.74) is 0.0925. The van der Waals surface area contributed by atoms with Crippen LogP contribution in [0.2, 0.25) is 0 Å². The molecule has 33 heavy (non-hydrogen) atoms. The summed E-state index contributed by atoms with van der Waals surface area (Å²) in [4.78, 5) is 52.5. The highest BCUT2D eigenvalue weighted by Gasteiger charge is 2.49. The number of urea groups is 1. The number of imide groups is 1. The number of nitrogens with one attached hydrogen (secondary N) is 2. The summed E-state index contributed by atoms with van der Waals surface area (Å²) >= 11 is 0. The van der Waals surface area contributed by atoms with Crippen LogP contribution in [0.3, 0.4) is 0 Å². The maximum atomic E-state index is 13.1. The lowest BCUT2D eigenvalue weighted by Gasteiger charge is -2.25. The molecule has 2 aromatic rings. The Labute approximate surface area is 190 Å². The largest absolute Gasteiger partial charge is 0.486 e. The van der Waals surface area contributed by atoms with Crippen molar-refractivity contribution in [1.29, 1.82) is 0 Å². The molecule has 2 heterocycles. The lowest BCUT2D eigenvalue weighted by Crippen LogP contribution is -2.42. The van der Waals surface area contributed by atoms with E-state index in [4.69, 9.17) is 9.47 Å².